The average Bonchev–Trinajstić information content (AvgIpc) is 2.73. The fraction of sp³-hybridized carbons (Fsp3) is 0.318. The Balaban J connectivity index is 1.95. The fourth-order valence-electron chi connectivity index (χ4n) is 2.74. The first kappa shape index (κ1) is 23.9. The van der Waals surface area contributed by atoms with Crippen LogP contribution in [0.3, 0.4) is 0 Å². The van der Waals surface area contributed by atoms with Gasteiger partial charge in [0.1, 0.15) is 11.6 Å². The van der Waals surface area contributed by atoms with Crippen molar-refractivity contribution in [2.24, 2.45) is 0 Å². The monoisotopic (exact) mass is 433 g/mol. The lowest BCUT2D eigenvalue weighted by Gasteiger charge is -2.22. The molecular weight excluding hydrogens is 408 g/mol. The molecular formula is C22H25F2N3O4. The molecule has 0 heterocycles. The van der Waals surface area contributed by atoms with Gasteiger partial charge in [-0.25, -0.2) is 8.78 Å². The molecule has 7 nitrogen and oxygen atoms in total. The van der Waals surface area contributed by atoms with Crippen molar-refractivity contribution in [1.29, 1.82) is 0 Å². The van der Waals surface area contributed by atoms with Crippen LogP contribution in [-0.4, -0.2) is 56.0 Å². The third-order valence-corrected chi connectivity index (χ3v) is 4.34. The number of carbonyl (C=O) groups is 3. The minimum absolute atomic E-state index is 0.118. The lowest BCUT2D eigenvalue weighted by Crippen LogP contribution is -2.43. The predicted molar refractivity (Wildman–Crippen MR) is 112 cm³/mol. The number of carbonyl (C=O) groups excluding carboxylic acids is 3. The molecule has 0 radical (unpaired) electrons. The third-order valence-electron chi connectivity index (χ3n) is 4.34. The first-order valence-corrected chi connectivity index (χ1v) is 9.66. The zero-order chi connectivity index (χ0) is 22.8. The summed E-state index contributed by atoms with van der Waals surface area (Å²) in [7, 11) is 1.49. The van der Waals surface area contributed by atoms with Gasteiger partial charge in [-0.1, -0.05) is 17.7 Å². The van der Waals surface area contributed by atoms with Gasteiger partial charge in [0.2, 0.25) is 11.8 Å². The standard InChI is InChI=1S/C22H25F2N3O4/c1-15-4-7-17(8-5-15)26-20(28)13-25-21(29)14-27(10-3-11-31-2)22(30)18-9-6-16(23)12-19(18)24/h4-9,12H,3,10-11,13-14H2,1-2H3,(H,25,29)(H,26,28). The van der Waals surface area contributed by atoms with Crippen LogP contribution >= 0.6 is 0 Å². The summed E-state index contributed by atoms with van der Waals surface area (Å²) in [6.45, 7) is 1.68. The summed E-state index contributed by atoms with van der Waals surface area (Å²) in [5, 5.41) is 5.08. The number of benzene rings is 2. The molecule has 0 aliphatic carbocycles. The summed E-state index contributed by atoms with van der Waals surface area (Å²) >= 11 is 0. The number of methoxy groups -OCH3 is 1. The zero-order valence-corrected chi connectivity index (χ0v) is 17.4. The number of hydrogen-bond acceptors (Lipinski definition) is 4. The van der Waals surface area contributed by atoms with Crippen molar-refractivity contribution in [3.05, 3.63) is 65.2 Å². The van der Waals surface area contributed by atoms with Crippen LogP contribution in [0.5, 0.6) is 0 Å². The molecule has 0 spiro atoms. The molecule has 2 aromatic carbocycles. The second-order valence-corrected chi connectivity index (χ2v) is 6.89. The quantitative estimate of drug-likeness (QED) is 0.564. The number of aryl methyl sites for hydroxylation is 1. The molecule has 0 aromatic heterocycles. The van der Waals surface area contributed by atoms with Crippen molar-refractivity contribution in [2.75, 3.05) is 38.7 Å². The topological polar surface area (TPSA) is 87.7 Å². The van der Waals surface area contributed by atoms with Gasteiger partial charge in [-0.15, -0.1) is 0 Å². The van der Waals surface area contributed by atoms with E-state index in [1.54, 1.807) is 12.1 Å². The third kappa shape index (κ3) is 7.78. The minimum atomic E-state index is -1.01. The van der Waals surface area contributed by atoms with E-state index >= 15 is 0 Å². The Morgan fingerprint density at radius 1 is 1.03 bits per heavy atom. The number of ether oxygens (including phenoxy) is 1. The summed E-state index contributed by atoms with van der Waals surface area (Å²) < 4.78 is 32.1. The maximum atomic E-state index is 14.0. The van der Waals surface area contributed by atoms with E-state index < -0.39 is 35.9 Å². The molecule has 2 N–H and O–H groups in total. The van der Waals surface area contributed by atoms with Crippen molar-refractivity contribution in [3.63, 3.8) is 0 Å². The highest BCUT2D eigenvalue weighted by Crippen LogP contribution is 2.13. The largest absolute Gasteiger partial charge is 0.385 e. The van der Waals surface area contributed by atoms with Gasteiger partial charge >= 0.3 is 0 Å². The van der Waals surface area contributed by atoms with E-state index in [9.17, 15) is 23.2 Å². The normalized spacial score (nSPS) is 10.5. The van der Waals surface area contributed by atoms with Gasteiger partial charge in [0, 0.05) is 32.0 Å². The van der Waals surface area contributed by atoms with E-state index in [1.807, 2.05) is 19.1 Å². The zero-order valence-electron chi connectivity index (χ0n) is 17.4. The molecule has 2 rings (SSSR count). The van der Waals surface area contributed by atoms with Crippen LogP contribution < -0.4 is 10.6 Å². The number of hydrogen-bond donors (Lipinski definition) is 2. The van der Waals surface area contributed by atoms with Crippen LogP contribution in [0.1, 0.15) is 22.3 Å². The highest BCUT2D eigenvalue weighted by Gasteiger charge is 2.22. The van der Waals surface area contributed by atoms with Gasteiger partial charge in [-0.3, -0.25) is 14.4 Å². The second-order valence-electron chi connectivity index (χ2n) is 6.89. The molecule has 0 saturated heterocycles. The Bertz CT molecular complexity index is 919. The van der Waals surface area contributed by atoms with Crippen molar-refractivity contribution in [3.8, 4) is 0 Å². The van der Waals surface area contributed by atoms with E-state index in [-0.39, 0.29) is 18.7 Å². The summed E-state index contributed by atoms with van der Waals surface area (Å²) in [5.74, 6) is -3.60. The van der Waals surface area contributed by atoms with Crippen molar-refractivity contribution in [1.82, 2.24) is 10.2 Å². The van der Waals surface area contributed by atoms with Gasteiger partial charge in [-0.05, 0) is 37.6 Å². The molecule has 31 heavy (non-hydrogen) atoms. The van der Waals surface area contributed by atoms with Crippen molar-refractivity contribution < 1.29 is 27.9 Å². The van der Waals surface area contributed by atoms with Gasteiger partial charge < -0.3 is 20.3 Å². The van der Waals surface area contributed by atoms with E-state index in [0.29, 0.717) is 24.8 Å². The maximum absolute atomic E-state index is 14.0. The predicted octanol–water partition coefficient (Wildman–Crippen LogP) is 2.51. The Labute approximate surface area is 179 Å². The second kappa shape index (κ2) is 11.8. The molecule has 0 aliphatic heterocycles. The first-order chi connectivity index (χ1) is 14.8. The number of amides is 3. The fourth-order valence-corrected chi connectivity index (χ4v) is 2.74. The smallest absolute Gasteiger partial charge is 0.257 e. The molecule has 0 saturated carbocycles. The first-order valence-electron chi connectivity index (χ1n) is 9.66. The van der Waals surface area contributed by atoms with Gasteiger partial charge in [0.15, 0.2) is 0 Å². The van der Waals surface area contributed by atoms with Gasteiger partial charge in [0.05, 0.1) is 18.7 Å². The number of rotatable bonds is 10. The molecule has 0 fully saturated rings. The van der Waals surface area contributed by atoms with Crippen LogP contribution in [0.2, 0.25) is 0 Å². The van der Waals surface area contributed by atoms with Crippen molar-refractivity contribution in [2.45, 2.75) is 13.3 Å². The summed E-state index contributed by atoms with van der Waals surface area (Å²) in [6.07, 6.45) is 0.409. The number of anilines is 1. The van der Waals surface area contributed by atoms with Crippen LogP contribution in [0, 0.1) is 18.6 Å². The molecule has 9 heteroatoms. The Kier molecular flexibility index (Phi) is 9.08. The lowest BCUT2D eigenvalue weighted by atomic mass is 10.1. The number of nitrogens with one attached hydrogen (secondary N) is 2. The summed E-state index contributed by atoms with van der Waals surface area (Å²) in [6, 6.07) is 9.77. The molecule has 0 unspecified atom stereocenters. The Hall–Kier alpha value is -3.33. The van der Waals surface area contributed by atoms with E-state index in [4.69, 9.17) is 4.74 Å². The summed E-state index contributed by atoms with van der Waals surface area (Å²) in [4.78, 5) is 38.1. The van der Waals surface area contributed by atoms with Crippen molar-refractivity contribution >= 4 is 23.4 Å². The maximum Gasteiger partial charge on any atom is 0.257 e. The molecule has 0 bridgehead atoms. The molecule has 0 atom stereocenters. The molecule has 3 amide bonds. The van der Waals surface area contributed by atoms with Crippen LogP contribution in [0.4, 0.5) is 14.5 Å². The number of nitrogens with zero attached hydrogens (tertiary/aromatic N) is 1. The Morgan fingerprint density at radius 2 is 1.74 bits per heavy atom. The van der Waals surface area contributed by atoms with Crippen LogP contribution in [0.25, 0.3) is 0 Å². The average molecular weight is 433 g/mol. The SMILES string of the molecule is COCCCN(CC(=O)NCC(=O)Nc1ccc(C)cc1)C(=O)c1ccc(F)cc1F. The van der Waals surface area contributed by atoms with E-state index in [1.165, 1.54) is 7.11 Å². The van der Waals surface area contributed by atoms with Crippen LogP contribution in [0.15, 0.2) is 42.5 Å². The highest BCUT2D eigenvalue weighted by molar-refractivity contribution is 5.98. The van der Waals surface area contributed by atoms with E-state index in [2.05, 4.69) is 10.6 Å². The summed E-state index contributed by atoms with van der Waals surface area (Å²) in [5.41, 5.74) is 1.29. The van der Waals surface area contributed by atoms with Gasteiger partial charge in [0.25, 0.3) is 5.91 Å². The lowest BCUT2D eigenvalue weighted by molar-refractivity contribution is -0.124. The van der Waals surface area contributed by atoms with Gasteiger partial charge in [-0.2, -0.15) is 0 Å². The number of halogens is 2. The van der Waals surface area contributed by atoms with Crippen LogP contribution in [-0.2, 0) is 14.3 Å². The Morgan fingerprint density at radius 3 is 2.39 bits per heavy atom. The molecule has 2 aromatic rings. The highest BCUT2D eigenvalue weighted by atomic mass is 19.1. The van der Waals surface area contributed by atoms with E-state index in [0.717, 1.165) is 22.6 Å². The molecule has 0 aliphatic rings. The molecule has 166 valence electrons. The minimum Gasteiger partial charge on any atom is -0.385 e.